The summed E-state index contributed by atoms with van der Waals surface area (Å²) >= 11 is 12.7. The summed E-state index contributed by atoms with van der Waals surface area (Å²) in [5.74, 6) is 0.0619. The van der Waals surface area contributed by atoms with Gasteiger partial charge in [-0.25, -0.2) is 0 Å². The van der Waals surface area contributed by atoms with Crippen molar-refractivity contribution in [3.63, 3.8) is 0 Å². The van der Waals surface area contributed by atoms with Gasteiger partial charge in [0, 0.05) is 11.1 Å². The molecular formula is C16H16ClNOS2. The van der Waals surface area contributed by atoms with Gasteiger partial charge >= 0.3 is 0 Å². The molecule has 0 atom stereocenters. The lowest BCUT2D eigenvalue weighted by Crippen LogP contribution is -2.39. The first kappa shape index (κ1) is 15.1. The van der Waals surface area contributed by atoms with E-state index in [1.54, 1.807) is 0 Å². The number of rotatable bonds is 2. The Labute approximate surface area is 139 Å². The highest BCUT2D eigenvalue weighted by Gasteiger charge is 2.37. The van der Waals surface area contributed by atoms with E-state index in [1.165, 1.54) is 31.0 Å². The third kappa shape index (κ3) is 3.33. The Balaban J connectivity index is 1.80. The minimum absolute atomic E-state index is 0.0619. The number of carbonyl (C=O) groups is 1. The molecule has 0 radical (unpaired) electrons. The minimum Gasteiger partial charge on any atom is -0.290 e. The van der Waals surface area contributed by atoms with E-state index in [0.29, 0.717) is 20.3 Å². The van der Waals surface area contributed by atoms with Crippen LogP contribution in [0.5, 0.6) is 0 Å². The van der Waals surface area contributed by atoms with Crippen molar-refractivity contribution in [2.75, 3.05) is 0 Å². The molecule has 3 rings (SSSR count). The standard InChI is InChI=1S/C16H16ClNOS2/c17-12-8-6-11(7-9-12)10-14-15(19)18(16(20)21-14)13-4-2-1-3-5-13/h6-10,13H,1-5H2. The highest BCUT2D eigenvalue weighted by atomic mass is 35.5. The fourth-order valence-electron chi connectivity index (χ4n) is 2.84. The predicted octanol–water partition coefficient (Wildman–Crippen LogP) is 4.87. The van der Waals surface area contributed by atoms with Crippen LogP contribution in [0.25, 0.3) is 6.08 Å². The van der Waals surface area contributed by atoms with Crippen LogP contribution < -0.4 is 0 Å². The zero-order valence-electron chi connectivity index (χ0n) is 11.5. The average molecular weight is 338 g/mol. The predicted molar refractivity (Wildman–Crippen MR) is 93.3 cm³/mol. The van der Waals surface area contributed by atoms with Crippen molar-refractivity contribution in [2.45, 2.75) is 38.1 Å². The van der Waals surface area contributed by atoms with Gasteiger partial charge in [0.05, 0.1) is 4.91 Å². The number of halogens is 1. The lowest BCUT2D eigenvalue weighted by atomic mass is 9.94. The third-order valence-electron chi connectivity index (χ3n) is 3.93. The van der Waals surface area contributed by atoms with Crippen molar-refractivity contribution < 1.29 is 4.79 Å². The number of hydrogen-bond acceptors (Lipinski definition) is 3. The van der Waals surface area contributed by atoms with Crippen molar-refractivity contribution in [3.8, 4) is 0 Å². The van der Waals surface area contributed by atoms with Crippen LogP contribution in [0, 0.1) is 0 Å². The zero-order chi connectivity index (χ0) is 14.8. The summed E-state index contributed by atoms with van der Waals surface area (Å²) in [5.41, 5.74) is 0.976. The zero-order valence-corrected chi connectivity index (χ0v) is 13.9. The third-order valence-corrected chi connectivity index (χ3v) is 5.51. The van der Waals surface area contributed by atoms with Gasteiger partial charge in [0.2, 0.25) is 0 Å². The van der Waals surface area contributed by atoms with Gasteiger partial charge in [0.1, 0.15) is 4.32 Å². The quantitative estimate of drug-likeness (QED) is 0.567. The summed E-state index contributed by atoms with van der Waals surface area (Å²) in [7, 11) is 0. The second-order valence-electron chi connectivity index (χ2n) is 5.40. The summed E-state index contributed by atoms with van der Waals surface area (Å²) in [6, 6.07) is 7.78. The summed E-state index contributed by atoms with van der Waals surface area (Å²) in [6.07, 6.45) is 7.70. The van der Waals surface area contributed by atoms with Crippen LogP contribution in [0.2, 0.25) is 5.02 Å². The molecule has 1 aromatic rings. The number of hydrogen-bond donors (Lipinski definition) is 0. The molecule has 1 aliphatic heterocycles. The molecule has 110 valence electrons. The van der Waals surface area contributed by atoms with Crippen LogP contribution in [-0.4, -0.2) is 21.2 Å². The molecule has 0 aromatic heterocycles. The Morgan fingerprint density at radius 2 is 1.86 bits per heavy atom. The normalized spacial score (nSPS) is 22.3. The van der Waals surface area contributed by atoms with Gasteiger partial charge in [-0.2, -0.15) is 0 Å². The van der Waals surface area contributed by atoms with E-state index < -0.39 is 0 Å². The summed E-state index contributed by atoms with van der Waals surface area (Å²) < 4.78 is 0.701. The molecule has 1 amide bonds. The second kappa shape index (κ2) is 6.51. The van der Waals surface area contributed by atoms with Crippen molar-refractivity contribution >= 4 is 51.9 Å². The molecule has 1 aliphatic carbocycles. The molecule has 2 nitrogen and oxygen atoms in total. The van der Waals surface area contributed by atoms with Gasteiger partial charge in [-0.05, 0) is 36.6 Å². The van der Waals surface area contributed by atoms with E-state index in [-0.39, 0.29) is 5.91 Å². The topological polar surface area (TPSA) is 20.3 Å². The maximum absolute atomic E-state index is 12.6. The largest absolute Gasteiger partial charge is 0.290 e. The summed E-state index contributed by atoms with van der Waals surface area (Å²) in [5, 5.41) is 0.696. The van der Waals surface area contributed by atoms with Crippen molar-refractivity contribution in [1.82, 2.24) is 4.90 Å². The first-order valence-corrected chi connectivity index (χ1v) is 8.78. The summed E-state index contributed by atoms with van der Waals surface area (Å²) in [4.78, 5) is 15.2. The smallest absolute Gasteiger partial charge is 0.266 e. The van der Waals surface area contributed by atoms with Gasteiger partial charge < -0.3 is 0 Å². The van der Waals surface area contributed by atoms with E-state index in [2.05, 4.69) is 0 Å². The molecule has 5 heteroatoms. The fourth-order valence-corrected chi connectivity index (χ4v) is 4.37. The van der Waals surface area contributed by atoms with E-state index in [0.717, 1.165) is 18.4 Å². The molecule has 0 spiro atoms. The molecule has 1 heterocycles. The Kier molecular flexibility index (Phi) is 4.67. The molecule has 0 N–H and O–H groups in total. The minimum atomic E-state index is 0.0619. The van der Waals surface area contributed by atoms with Crippen molar-refractivity contribution in [1.29, 1.82) is 0 Å². The summed E-state index contributed by atoms with van der Waals surface area (Å²) in [6.45, 7) is 0. The van der Waals surface area contributed by atoms with E-state index in [9.17, 15) is 4.79 Å². The molecule has 21 heavy (non-hydrogen) atoms. The molecule has 2 aliphatic rings. The van der Waals surface area contributed by atoms with Crippen molar-refractivity contribution in [2.24, 2.45) is 0 Å². The van der Waals surface area contributed by atoms with Gasteiger partial charge in [0.15, 0.2) is 0 Å². The van der Waals surface area contributed by atoms with Crippen LogP contribution in [0.3, 0.4) is 0 Å². The maximum atomic E-state index is 12.6. The molecule has 2 fully saturated rings. The van der Waals surface area contributed by atoms with Crippen LogP contribution in [0.15, 0.2) is 29.2 Å². The first-order chi connectivity index (χ1) is 10.1. The molecule has 1 saturated heterocycles. The molecule has 1 aromatic carbocycles. The van der Waals surface area contributed by atoms with Gasteiger partial charge in [-0.3, -0.25) is 9.69 Å². The molecule has 1 saturated carbocycles. The van der Waals surface area contributed by atoms with Gasteiger partial charge in [-0.1, -0.05) is 67.0 Å². The monoisotopic (exact) mass is 337 g/mol. The highest BCUT2D eigenvalue weighted by molar-refractivity contribution is 8.26. The van der Waals surface area contributed by atoms with E-state index in [1.807, 2.05) is 35.2 Å². The lowest BCUT2D eigenvalue weighted by Gasteiger charge is -2.29. The number of amides is 1. The molecular weight excluding hydrogens is 322 g/mol. The van der Waals surface area contributed by atoms with Crippen LogP contribution in [-0.2, 0) is 4.79 Å². The van der Waals surface area contributed by atoms with Crippen LogP contribution >= 0.6 is 35.6 Å². The Hall–Kier alpha value is -0.840. The van der Waals surface area contributed by atoms with E-state index >= 15 is 0 Å². The van der Waals surface area contributed by atoms with Crippen molar-refractivity contribution in [3.05, 3.63) is 39.8 Å². The van der Waals surface area contributed by atoms with Gasteiger partial charge in [0.25, 0.3) is 5.91 Å². The SMILES string of the molecule is O=C1C(=Cc2ccc(Cl)cc2)SC(=S)N1C1CCCCC1. The number of thiocarbonyl (C=S) groups is 1. The molecule has 0 unspecified atom stereocenters. The first-order valence-electron chi connectivity index (χ1n) is 7.18. The van der Waals surface area contributed by atoms with E-state index in [4.69, 9.17) is 23.8 Å². The highest BCUT2D eigenvalue weighted by Crippen LogP contribution is 2.37. The maximum Gasteiger partial charge on any atom is 0.266 e. The second-order valence-corrected chi connectivity index (χ2v) is 7.51. The van der Waals surface area contributed by atoms with Crippen LogP contribution in [0.1, 0.15) is 37.7 Å². The van der Waals surface area contributed by atoms with Crippen LogP contribution in [0.4, 0.5) is 0 Å². The molecule has 0 bridgehead atoms. The number of thioether (sulfide) groups is 1. The Bertz CT molecular complexity index is 591. The van der Waals surface area contributed by atoms with Gasteiger partial charge in [-0.15, -0.1) is 0 Å². The average Bonchev–Trinajstić information content (AvgIpc) is 2.77. The number of benzene rings is 1. The fraction of sp³-hybridized carbons (Fsp3) is 0.375. The Morgan fingerprint density at radius 3 is 2.52 bits per heavy atom. The Morgan fingerprint density at radius 1 is 1.19 bits per heavy atom. The number of carbonyl (C=O) groups excluding carboxylic acids is 1. The lowest BCUT2D eigenvalue weighted by molar-refractivity contribution is -0.124. The number of nitrogens with zero attached hydrogens (tertiary/aromatic N) is 1.